The average Bonchev–Trinajstić information content (AvgIpc) is 3.19. The molecule has 5 nitrogen and oxygen atoms in total. The summed E-state index contributed by atoms with van der Waals surface area (Å²) in [4.78, 5) is 16.5. The molecule has 0 saturated carbocycles. The zero-order chi connectivity index (χ0) is 16.1. The van der Waals surface area contributed by atoms with E-state index in [1.165, 1.54) is 0 Å². The lowest BCUT2D eigenvalue weighted by atomic mass is 10.1. The number of benzene rings is 1. The maximum atomic E-state index is 11.8. The molecule has 1 fully saturated rings. The summed E-state index contributed by atoms with van der Waals surface area (Å²) in [6, 6.07) is 8.15. The van der Waals surface area contributed by atoms with Crippen LogP contribution >= 0.6 is 0 Å². The molecule has 1 amide bonds. The number of rotatable bonds is 7. The Bertz CT molecular complexity index is 659. The Labute approximate surface area is 137 Å². The van der Waals surface area contributed by atoms with Gasteiger partial charge in [-0.05, 0) is 37.8 Å². The minimum atomic E-state index is 0.130. The van der Waals surface area contributed by atoms with Crippen LogP contribution < -0.4 is 5.32 Å². The van der Waals surface area contributed by atoms with E-state index >= 15 is 0 Å². The molecule has 0 radical (unpaired) electrons. The van der Waals surface area contributed by atoms with Gasteiger partial charge in [0.15, 0.2) is 0 Å². The quantitative estimate of drug-likeness (QED) is 0.799. The second-order valence-electron chi connectivity index (χ2n) is 6.20. The van der Waals surface area contributed by atoms with Gasteiger partial charge in [0.2, 0.25) is 5.91 Å². The summed E-state index contributed by atoms with van der Waals surface area (Å²) in [5.41, 5.74) is 2.19. The van der Waals surface area contributed by atoms with Crippen LogP contribution in [0.3, 0.4) is 0 Å². The van der Waals surface area contributed by atoms with E-state index in [4.69, 9.17) is 4.74 Å². The van der Waals surface area contributed by atoms with Crippen LogP contribution in [0.5, 0.6) is 0 Å². The van der Waals surface area contributed by atoms with Crippen molar-refractivity contribution in [3.05, 3.63) is 30.1 Å². The summed E-state index contributed by atoms with van der Waals surface area (Å²) < 4.78 is 7.67. The largest absolute Gasteiger partial charge is 0.378 e. The van der Waals surface area contributed by atoms with Crippen molar-refractivity contribution in [2.24, 2.45) is 7.05 Å². The molecule has 1 saturated heterocycles. The first kappa shape index (κ1) is 16.0. The number of nitrogens with one attached hydrogen (secondary N) is 1. The number of carbonyl (C=O) groups is 1. The number of para-hydroxylation sites is 2. The Morgan fingerprint density at radius 1 is 1.43 bits per heavy atom. The van der Waals surface area contributed by atoms with Gasteiger partial charge in [0.25, 0.3) is 0 Å². The molecule has 1 aromatic heterocycles. The van der Waals surface area contributed by atoms with Crippen molar-refractivity contribution in [3.8, 4) is 0 Å². The third kappa shape index (κ3) is 4.10. The minimum Gasteiger partial charge on any atom is -0.378 e. The third-order valence-electron chi connectivity index (χ3n) is 4.50. The van der Waals surface area contributed by atoms with Gasteiger partial charge in [0.05, 0.1) is 17.1 Å². The lowest BCUT2D eigenvalue weighted by molar-refractivity contribution is -0.121. The molecule has 1 aromatic carbocycles. The van der Waals surface area contributed by atoms with Gasteiger partial charge in [-0.3, -0.25) is 4.79 Å². The van der Waals surface area contributed by atoms with Crippen molar-refractivity contribution in [1.29, 1.82) is 0 Å². The Morgan fingerprint density at radius 2 is 2.30 bits per heavy atom. The molecule has 1 N–H and O–H groups in total. The van der Waals surface area contributed by atoms with E-state index in [9.17, 15) is 4.79 Å². The van der Waals surface area contributed by atoms with Crippen LogP contribution in [0, 0.1) is 0 Å². The number of hydrogen-bond acceptors (Lipinski definition) is 3. The summed E-state index contributed by atoms with van der Waals surface area (Å²) in [6.45, 7) is 1.55. The van der Waals surface area contributed by atoms with Crippen molar-refractivity contribution in [3.63, 3.8) is 0 Å². The van der Waals surface area contributed by atoms with E-state index < -0.39 is 0 Å². The van der Waals surface area contributed by atoms with Gasteiger partial charge < -0.3 is 14.6 Å². The topological polar surface area (TPSA) is 56.2 Å². The number of nitrogens with zero attached hydrogens (tertiary/aromatic N) is 2. The zero-order valence-corrected chi connectivity index (χ0v) is 13.8. The third-order valence-corrected chi connectivity index (χ3v) is 4.50. The first-order valence-corrected chi connectivity index (χ1v) is 8.52. The van der Waals surface area contributed by atoms with Crippen LogP contribution in [0.15, 0.2) is 24.3 Å². The van der Waals surface area contributed by atoms with Crippen molar-refractivity contribution >= 4 is 16.9 Å². The number of carbonyl (C=O) groups excluding carboxylic acids is 1. The van der Waals surface area contributed by atoms with Gasteiger partial charge in [-0.2, -0.15) is 0 Å². The highest BCUT2D eigenvalue weighted by atomic mass is 16.5. The zero-order valence-electron chi connectivity index (χ0n) is 13.8. The Kier molecular flexibility index (Phi) is 5.28. The monoisotopic (exact) mass is 315 g/mol. The van der Waals surface area contributed by atoms with E-state index in [2.05, 4.69) is 20.9 Å². The van der Waals surface area contributed by atoms with E-state index in [1.807, 2.05) is 25.2 Å². The number of aromatic nitrogens is 2. The van der Waals surface area contributed by atoms with Crippen LogP contribution in [0.1, 0.15) is 37.9 Å². The summed E-state index contributed by atoms with van der Waals surface area (Å²) >= 11 is 0. The van der Waals surface area contributed by atoms with E-state index in [0.29, 0.717) is 19.1 Å². The Hall–Kier alpha value is -1.88. The molecule has 1 aliphatic heterocycles. The number of aryl methyl sites for hydroxylation is 2. The molecule has 0 bridgehead atoms. The highest BCUT2D eigenvalue weighted by molar-refractivity contribution is 5.76. The van der Waals surface area contributed by atoms with Crippen LogP contribution in [0.4, 0.5) is 0 Å². The lowest BCUT2D eigenvalue weighted by Crippen LogP contribution is -2.25. The van der Waals surface area contributed by atoms with Gasteiger partial charge in [-0.1, -0.05) is 12.1 Å². The molecular weight excluding hydrogens is 290 g/mol. The number of hydrogen-bond donors (Lipinski definition) is 1. The van der Waals surface area contributed by atoms with E-state index in [1.54, 1.807) is 0 Å². The highest BCUT2D eigenvalue weighted by Crippen LogP contribution is 2.17. The van der Waals surface area contributed by atoms with Crippen molar-refractivity contribution in [1.82, 2.24) is 14.9 Å². The standard InChI is InChI=1S/C18H25N3O2/c1-21-16-8-3-2-7-15(16)20-17(21)9-4-12-19-18(22)11-10-14-6-5-13-23-14/h2-3,7-8,14H,4-6,9-13H2,1H3,(H,19,22)/t14-/m0/s1. The molecule has 0 aliphatic carbocycles. The summed E-state index contributed by atoms with van der Waals surface area (Å²) in [5, 5.41) is 3.00. The molecule has 1 aliphatic rings. The molecule has 2 heterocycles. The fraction of sp³-hybridized carbons (Fsp3) is 0.556. The molecule has 3 rings (SSSR count). The van der Waals surface area contributed by atoms with Crippen molar-refractivity contribution < 1.29 is 9.53 Å². The van der Waals surface area contributed by atoms with Crippen LogP contribution in [0.2, 0.25) is 0 Å². The van der Waals surface area contributed by atoms with Crippen LogP contribution in [-0.4, -0.2) is 34.7 Å². The van der Waals surface area contributed by atoms with E-state index in [-0.39, 0.29) is 5.91 Å². The molecule has 0 spiro atoms. The van der Waals surface area contributed by atoms with Gasteiger partial charge in [-0.15, -0.1) is 0 Å². The molecule has 0 unspecified atom stereocenters. The fourth-order valence-electron chi connectivity index (χ4n) is 3.15. The van der Waals surface area contributed by atoms with Crippen molar-refractivity contribution in [2.45, 2.75) is 44.6 Å². The number of fused-ring (bicyclic) bond motifs is 1. The van der Waals surface area contributed by atoms with E-state index in [0.717, 1.165) is 55.6 Å². The maximum absolute atomic E-state index is 11.8. The predicted molar refractivity (Wildman–Crippen MR) is 90.3 cm³/mol. The minimum absolute atomic E-state index is 0.130. The molecule has 1 atom stereocenters. The van der Waals surface area contributed by atoms with Crippen LogP contribution in [-0.2, 0) is 23.0 Å². The number of imidazole rings is 1. The molecule has 124 valence electrons. The summed E-state index contributed by atoms with van der Waals surface area (Å²) in [7, 11) is 2.05. The average molecular weight is 315 g/mol. The maximum Gasteiger partial charge on any atom is 0.220 e. The van der Waals surface area contributed by atoms with Crippen LogP contribution in [0.25, 0.3) is 11.0 Å². The Balaban J connectivity index is 1.38. The first-order valence-electron chi connectivity index (χ1n) is 8.52. The van der Waals surface area contributed by atoms with Gasteiger partial charge in [0.1, 0.15) is 5.82 Å². The normalized spacial score (nSPS) is 17.7. The second-order valence-corrected chi connectivity index (χ2v) is 6.20. The number of amides is 1. The van der Waals surface area contributed by atoms with Crippen molar-refractivity contribution in [2.75, 3.05) is 13.2 Å². The number of ether oxygens (including phenoxy) is 1. The predicted octanol–water partition coefficient (Wildman–Crippen LogP) is 2.58. The SMILES string of the molecule is Cn1c(CCCNC(=O)CC[C@@H]2CCCO2)nc2ccccc21. The molecule has 23 heavy (non-hydrogen) atoms. The Morgan fingerprint density at radius 3 is 3.09 bits per heavy atom. The summed E-state index contributed by atoms with van der Waals surface area (Å²) in [5.74, 6) is 1.20. The smallest absolute Gasteiger partial charge is 0.220 e. The highest BCUT2D eigenvalue weighted by Gasteiger charge is 2.16. The molecule has 5 heteroatoms. The van der Waals surface area contributed by atoms with Gasteiger partial charge >= 0.3 is 0 Å². The first-order chi connectivity index (χ1) is 11.2. The van der Waals surface area contributed by atoms with Gasteiger partial charge in [0, 0.05) is 33.0 Å². The second kappa shape index (κ2) is 7.59. The molecule has 2 aromatic rings. The lowest BCUT2D eigenvalue weighted by Gasteiger charge is -2.09. The summed E-state index contributed by atoms with van der Waals surface area (Å²) in [6.07, 6.45) is 5.71. The fourth-order valence-corrected chi connectivity index (χ4v) is 3.15. The van der Waals surface area contributed by atoms with Gasteiger partial charge in [-0.25, -0.2) is 4.98 Å². The molecular formula is C18H25N3O2.